The van der Waals surface area contributed by atoms with Crippen molar-refractivity contribution in [1.82, 2.24) is 4.90 Å². The lowest BCUT2D eigenvalue weighted by atomic mass is 10.1. The van der Waals surface area contributed by atoms with Gasteiger partial charge < -0.3 is 4.90 Å². The number of nitrogens with zero attached hydrogens (tertiary/aromatic N) is 1. The van der Waals surface area contributed by atoms with Gasteiger partial charge in [0.25, 0.3) is 0 Å². The van der Waals surface area contributed by atoms with Gasteiger partial charge in [0.15, 0.2) is 5.78 Å². The van der Waals surface area contributed by atoms with E-state index in [2.05, 4.69) is 18.9 Å². The van der Waals surface area contributed by atoms with Crippen LogP contribution in [0.1, 0.15) is 43.0 Å². The van der Waals surface area contributed by atoms with Crippen LogP contribution >= 0.6 is 11.6 Å². The Bertz CT molecular complexity index is 379. The second kappa shape index (κ2) is 8.28. The molecule has 1 aromatic rings. The Morgan fingerprint density at radius 1 is 1.22 bits per heavy atom. The molecule has 0 N–H and O–H groups in total. The molecule has 3 heteroatoms. The molecule has 0 amide bonds. The second-order valence-electron chi connectivity index (χ2n) is 4.66. The molecule has 0 heterocycles. The zero-order valence-corrected chi connectivity index (χ0v) is 12.0. The molecule has 0 fully saturated rings. The molecule has 0 aliphatic rings. The van der Waals surface area contributed by atoms with Crippen LogP contribution in [0.4, 0.5) is 0 Å². The molecule has 0 spiro atoms. The third-order valence-electron chi connectivity index (χ3n) is 3.04. The minimum Gasteiger partial charge on any atom is -0.306 e. The minimum absolute atomic E-state index is 0.128. The van der Waals surface area contributed by atoms with Crippen molar-refractivity contribution in [3.05, 3.63) is 34.9 Å². The van der Waals surface area contributed by atoms with Crippen molar-refractivity contribution in [1.29, 1.82) is 0 Å². The number of rotatable bonds is 8. The van der Waals surface area contributed by atoms with Crippen LogP contribution in [0.2, 0.25) is 5.02 Å². The largest absolute Gasteiger partial charge is 0.306 e. The third-order valence-corrected chi connectivity index (χ3v) is 3.37. The fourth-order valence-corrected chi connectivity index (χ4v) is 2.10. The van der Waals surface area contributed by atoms with Gasteiger partial charge in [-0.15, -0.1) is 0 Å². The summed E-state index contributed by atoms with van der Waals surface area (Å²) in [6.45, 7) is 4.05. The standard InChI is InChI=1S/C15H22ClNO/c1-3-4-7-11-17(2)12-10-15(18)13-8-5-6-9-14(13)16/h5-6,8-9H,3-4,7,10-12H2,1-2H3. The van der Waals surface area contributed by atoms with E-state index in [9.17, 15) is 4.79 Å². The zero-order valence-electron chi connectivity index (χ0n) is 11.3. The number of carbonyl (C=O) groups excluding carboxylic acids is 1. The van der Waals surface area contributed by atoms with E-state index in [0.29, 0.717) is 17.0 Å². The first kappa shape index (κ1) is 15.2. The lowest BCUT2D eigenvalue weighted by molar-refractivity contribution is 0.0969. The molecule has 0 aromatic heterocycles. The molecule has 0 saturated carbocycles. The maximum Gasteiger partial charge on any atom is 0.165 e. The van der Waals surface area contributed by atoms with E-state index in [1.54, 1.807) is 12.1 Å². The molecule has 1 aromatic carbocycles. The van der Waals surface area contributed by atoms with Crippen LogP contribution in [0.15, 0.2) is 24.3 Å². The highest BCUT2D eigenvalue weighted by Gasteiger charge is 2.10. The van der Waals surface area contributed by atoms with Crippen molar-refractivity contribution >= 4 is 17.4 Å². The highest BCUT2D eigenvalue weighted by Crippen LogP contribution is 2.16. The summed E-state index contributed by atoms with van der Waals surface area (Å²) < 4.78 is 0. The van der Waals surface area contributed by atoms with Crippen molar-refractivity contribution in [3.63, 3.8) is 0 Å². The van der Waals surface area contributed by atoms with Crippen molar-refractivity contribution in [2.75, 3.05) is 20.1 Å². The van der Waals surface area contributed by atoms with Crippen LogP contribution < -0.4 is 0 Å². The molecule has 100 valence electrons. The van der Waals surface area contributed by atoms with Crippen molar-refractivity contribution in [3.8, 4) is 0 Å². The van der Waals surface area contributed by atoms with Crippen LogP contribution in [0.25, 0.3) is 0 Å². The Morgan fingerprint density at radius 2 is 1.94 bits per heavy atom. The smallest absolute Gasteiger partial charge is 0.165 e. The van der Waals surface area contributed by atoms with E-state index in [4.69, 9.17) is 11.6 Å². The minimum atomic E-state index is 0.128. The molecule has 0 atom stereocenters. The lowest BCUT2D eigenvalue weighted by Gasteiger charge is -2.15. The maximum atomic E-state index is 12.0. The first-order chi connectivity index (χ1) is 8.65. The van der Waals surface area contributed by atoms with Crippen LogP contribution in [0.5, 0.6) is 0 Å². The predicted molar refractivity (Wildman–Crippen MR) is 77.4 cm³/mol. The Kier molecular flexibility index (Phi) is 6.99. The van der Waals surface area contributed by atoms with Gasteiger partial charge in [-0.05, 0) is 32.1 Å². The van der Waals surface area contributed by atoms with E-state index in [1.807, 2.05) is 12.1 Å². The molecule has 1 rings (SSSR count). The molecule has 2 nitrogen and oxygen atoms in total. The van der Waals surface area contributed by atoms with Gasteiger partial charge in [-0.2, -0.15) is 0 Å². The molecule has 0 radical (unpaired) electrons. The fraction of sp³-hybridized carbons (Fsp3) is 0.533. The number of benzene rings is 1. The van der Waals surface area contributed by atoms with Gasteiger partial charge >= 0.3 is 0 Å². The normalized spacial score (nSPS) is 10.9. The average Bonchev–Trinajstić information content (AvgIpc) is 2.37. The number of ketones is 1. The summed E-state index contributed by atoms with van der Waals surface area (Å²) in [5.41, 5.74) is 0.640. The number of halogens is 1. The molecule has 0 aliphatic heterocycles. The summed E-state index contributed by atoms with van der Waals surface area (Å²) in [4.78, 5) is 14.2. The van der Waals surface area contributed by atoms with Crippen molar-refractivity contribution in [2.45, 2.75) is 32.6 Å². The number of hydrogen-bond donors (Lipinski definition) is 0. The Hall–Kier alpha value is -0.860. The van der Waals surface area contributed by atoms with Gasteiger partial charge in [0.2, 0.25) is 0 Å². The van der Waals surface area contributed by atoms with E-state index >= 15 is 0 Å². The summed E-state index contributed by atoms with van der Waals surface area (Å²) in [6, 6.07) is 7.25. The van der Waals surface area contributed by atoms with Crippen molar-refractivity contribution < 1.29 is 4.79 Å². The van der Waals surface area contributed by atoms with Gasteiger partial charge in [-0.25, -0.2) is 0 Å². The van der Waals surface area contributed by atoms with E-state index in [1.165, 1.54) is 19.3 Å². The summed E-state index contributed by atoms with van der Waals surface area (Å²) in [7, 11) is 2.07. The van der Waals surface area contributed by atoms with Crippen molar-refractivity contribution in [2.24, 2.45) is 0 Å². The Morgan fingerprint density at radius 3 is 2.61 bits per heavy atom. The van der Waals surface area contributed by atoms with Crippen LogP contribution in [-0.4, -0.2) is 30.8 Å². The summed E-state index contributed by atoms with van der Waals surface area (Å²) in [6.07, 6.45) is 4.22. The van der Waals surface area contributed by atoms with E-state index in [-0.39, 0.29) is 5.78 Å². The van der Waals surface area contributed by atoms with Gasteiger partial charge in [-0.3, -0.25) is 4.79 Å². The predicted octanol–water partition coefficient (Wildman–Crippen LogP) is 4.03. The molecule has 18 heavy (non-hydrogen) atoms. The molecule has 0 aliphatic carbocycles. The van der Waals surface area contributed by atoms with Crippen LogP contribution in [-0.2, 0) is 0 Å². The highest BCUT2D eigenvalue weighted by atomic mass is 35.5. The average molecular weight is 268 g/mol. The zero-order chi connectivity index (χ0) is 13.4. The van der Waals surface area contributed by atoms with Gasteiger partial charge in [0, 0.05) is 18.5 Å². The SMILES string of the molecule is CCCCCN(C)CCC(=O)c1ccccc1Cl. The fourth-order valence-electron chi connectivity index (χ4n) is 1.86. The first-order valence-corrected chi connectivity index (χ1v) is 6.99. The van der Waals surface area contributed by atoms with E-state index in [0.717, 1.165) is 13.1 Å². The molecule has 0 saturated heterocycles. The molecular weight excluding hydrogens is 246 g/mol. The highest BCUT2D eigenvalue weighted by molar-refractivity contribution is 6.33. The quantitative estimate of drug-likeness (QED) is 0.523. The summed E-state index contributed by atoms with van der Waals surface area (Å²) in [5, 5.41) is 0.552. The molecule has 0 bridgehead atoms. The molecule has 0 unspecified atom stereocenters. The maximum absolute atomic E-state index is 12.0. The number of Topliss-reactive ketones (excluding diaryl/α,β-unsaturated/α-hetero) is 1. The monoisotopic (exact) mass is 267 g/mol. The topological polar surface area (TPSA) is 20.3 Å². The van der Waals surface area contributed by atoms with Gasteiger partial charge in [-0.1, -0.05) is 43.5 Å². The second-order valence-corrected chi connectivity index (χ2v) is 5.07. The number of hydrogen-bond acceptors (Lipinski definition) is 2. The summed E-state index contributed by atoms with van der Waals surface area (Å²) >= 11 is 6.00. The number of unbranched alkanes of at least 4 members (excludes halogenated alkanes) is 2. The summed E-state index contributed by atoms with van der Waals surface area (Å²) in [5.74, 6) is 0.128. The Balaban J connectivity index is 2.35. The van der Waals surface area contributed by atoms with E-state index < -0.39 is 0 Å². The van der Waals surface area contributed by atoms with Gasteiger partial charge in [0.1, 0.15) is 0 Å². The lowest BCUT2D eigenvalue weighted by Crippen LogP contribution is -2.23. The first-order valence-electron chi connectivity index (χ1n) is 6.61. The number of carbonyl (C=O) groups is 1. The van der Waals surface area contributed by atoms with Crippen LogP contribution in [0.3, 0.4) is 0 Å². The third kappa shape index (κ3) is 5.19. The molecular formula is C15H22ClNO. The van der Waals surface area contributed by atoms with Crippen LogP contribution in [0, 0.1) is 0 Å². The van der Waals surface area contributed by atoms with Gasteiger partial charge in [0.05, 0.1) is 5.02 Å². The Labute approximate surface area is 115 Å².